The van der Waals surface area contributed by atoms with Crippen LogP contribution in [0, 0.1) is 5.92 Å². The lowest BCUT2D eigenvalue weighted by molar-refractivity contribution is -0.136. The van der Waals surface area contributed by atoms with E-state index in [-0.39, 0.29) is 5.11 Å². The Morgan fingerprint density at radius 2 is 1.94 bits per heavy atom. The summed E-state index contributed by atoms with van der Waals surface area (Å²) in [7, 11) is 0. The van der Waals surface area contributed by atoms with Crippen molar-refractivity contribution in [3.8, 4) is 0 Å². The summed E-state index contributed by atoms with van der Waals surface area (Å²) >= 11 is 4.74. The molecule has 92 valence electrons. The van der Waals surface area contributed by atoms with Gasteiger partial charge < -0.3 is 20.9 Å². The van der Waals surface area contributed by atoms with Gasteiger partial charge in [0, 0.05) is 0 Å². The topological polar surface area (TPSA) is 111 Å². The zero-order valence-electron chi connectivity index (χ0n) is 8.93. The SMILES string of the molecule is O=C1NC(=S)NC(=O)C1C1N=CNc2nc[nH]c21. The number of aliphatic imine (C=N–C) groups is 1. The van der Waals surface area contributed by atoms with Crippen molar-refractivity contribution in [2.75, 3.05) is 5.32 Å². The number of aromatic nitrogens is 2. The number of fused-ring (bicyclic) bond motifs is 1. The molecular formula is C9H8N6O2S. The van der Waals surface area contributed by atoms with Crippen LogP contribution in [-0.2, 0) is 9.59 Å². The van der Waals surface area contributed by atoms with Gasteiger partial charge in [-0.15, -0.1) is 0 Å². The van der Waals surface area contributed by atoms with E-state index in [0.717, 1.165) is 0 Å². The lowest BCUT2D eigenvalue weighted by Gasteiger charge is -2.28. The Kier molecular flexibility index (Phi) is 2.33. The van der Waals surface area contributed by atoms with Crippen molar-refractivity contribution in [2.45, 2.75) is 6.04 Å². The highest BCUT2D eigenvalue weighted by molar-refractivity contribution is 7.80. The van der Waals surface area contributed by atoms with Crippen LogP contribution in [-0.4, -0.2) is 33.2 Å². The molecule has 1 aromatic heterocycles. The standard InChI is InChI=1S/C9H8N6O2S/c16-7-3(8(17)15-9(18)14-7)4-5-6(12-1-10-4)13-2-11-5/h1-4H,(H,10,12)(H,11,13)(H2,14,15,16,17,18). The smallest absolute Gasteiger partial charge is 0.241 e. The number of imidazole rings is 1. The molecule has 0 saturated carbocycles. The Hall–Kier alpha value is -2.29. The third kappa shape index (κ3) is 1.56. The minimum atomic E-state index is -0.964. The fourth-order valence-electron chi connectivity index (χ4n) is 1.97. The van der Waals surface area contributed by atoms with E-state index in [1.54, 1.807) is 0 Å². The molecule has 3 rings (SSSR count). The van der Waals surface area contributed by atoms with Crippen molar-refractivity contribution < 1.29 is 9.59 Å². The van der Waals surface area contributed by atoms with Gasteiger partial charge in [-0.25, -0.2) is 4.98 Å². The maximum atomic E-state index is 11.9. The highest BCUT2D eigenvalue weighted by Crippen LogP contribution is 2.32. The number of hydrogen-bond acceptors (Lipinski definition) is 6. The van der Waals surface area contributed by atoms with Crippen LogP contribution in [0.5, 0.6) is 0 Å². The van der Waals surface area contributed by atoms with Gasteiger partial charge in [0.25, 0.3) is 0 Å². The molecule has 0 spiro atoms. The summed E-state index contributed by atoms with van der Waals surface area (Å²) < 4.78 is 0. The van der Waals surface area contributed by atoms with E-state index in [1.165, 1.54) is 12.7 Å². The summed E-state index contributed by atoms with van der Waals surface area (Å²) in [5, 5.41) is 7.67. The Bertz CT molecular complexity index is 559. The quantitative estimate of drug-likeness (QED) is 0.386. The van der Waals surface area contributed by atoms with Crippen molar-refractivity contribution >= 4 is 41.3 Å². The number of carbonyl (C=O) groups excluding carboxylic acids is 2. The summed E-state index contributed by atoms with van der Waals surface area (Å²) in [5.41, 5.74) is 0.598. The van der Waals surface area contributed by atoms with Gasteiger partial charge in [0.2, 0.25) is 11.8 Å². The molecule has 0 aromatic carbocycles. The zero-order chi connectivity index (χ0) is 12.7. The van der Waals surface area contributed by atoms with Gasteiger partial charge in [-0.05, 0) is 12.2 Å². The molecule has 0 aliphatic carbocycles. The molecule has 3 heterocycles. The summed E-state index contributed by atoms with van der Waals surface area (Å²) in [6.45, 7) is 0. The predicted octanol–water partition coefficient (Wildman–Crippen LogP) is -0.948. The molecule has 2 amide bonds. The molecule has 18 heavy (non-hydrogen) atoms. The van der Waals surface area contributed by atoms with Crippen LogP contribution in [0.15, 0.2) is 11.3 Å². The van der Waals surface area contributed by atoms with Crippen LogP contribution in [0.2, 0.25) is 0 Å². The molecular weight excluding hydrogens is 256 g/mol. The maximum absolute atomic E-state index is 11.9. The maximum Gasteiger partial charge on any atom is 0.241 e. The number of aromatic amines is 1. The van der Waals surface area contributed by atoms with Crippen LogP contribution >= 0.6 is 12.2 Å². The van der Waals surface area contributed by atoms with Crippen LogP contribution in [0.3, 0.4) is 0 Å². The number of nitrogens with zero attached hydrogens (tertiary/aromatic N) is 2. The molecule has 4 N–H and O–H groups in total. The molecule has 0 radical (unpaired) electrons. The fourth-order valence-corrected chi connectivity index (χ4v) is 2.17. The van der Waals surface area contributed by atoms with Gasteiger partial charge in [0.1, 0.15) is 12.0 Å². The minimum absolute atomic E-state index is 0.0176. The van der Waals surface area contributed by atoms with E-state index in [2.05, 4.69) is 30.9 Å². The number of amides is 2. The highest BCUT2D eigenvalue weighted by atomic mass is 32.1. The predicted molar refractivity (Wildman–Crippen MR) is 65.8 cm³/mol. The lowest BCUT2D eigenvalue weighted by Crippen LogP contribution is -2.57. The average molecular weight is 264 g/mol. The molecule has 1 aromatic rings. The third-order valence-corrected chi connectivity index (χ3v) is 2.96. The molecule has 2 aliphatic rings. The average Bonchev–Trinajstić information content (AvgIpc) is 2.76. The number of rotatable bonds is 1. The van der Waals surface area contributed by atoms with Gasteiger partial charge in [-0.2, -0.15) is 0 Å². The van der Waals surface area contributed by atoms with Gasteiger partial charge in [0.05, 0.1) is 18.4 Å². The molecule has 1 fully saturated rings. The lowest BCUT2D eigenvalue weighted by atomic mass is 9.93. The first-order chi connectivity index (χ1) is 8.66. The van der Waals surface area contributed by atoms with Crippen molar-refractivity contribution in [3.63, 3.8) is 0 Å². The zero-order valence-corrected chi connectivity index (χ0v) is 9.75. The van der Waals surface area contributed by atoms with E-state index in [9.17, 15) is 9.59 Å². The van der Waals surface area contributed by atoms with Gasteiger partial charge in [-0.3, -0.25) is 14.6 Å². The Labute approximate surface area is 106 Å². The number of thiocarbonyl (C=S) groups is 1. The fraction of sp³-hybridized carbons (Fsp3) is 0.222. The van der Waals surface area contributed by atoms with E-state index in [0.29, 0.717) is 11.5 Å². The highest BCUT2D eigenvalue weighted by Gasteiger charge is 2.42. The summed E-state index contributed by atoms with van der Waals surface area (Å²) in [4.78, 5) is 34.7. The molecule has 9 heteroatoms. The van der Waals surface area contributed by atoms with Gasteiger partial charge in [0.15, 0.2) is 10.9 Å². The monoisotopic (exact) mass is 264 g/mol. The number of nitrogens with one attached hydrogen (secondary N) is 4. The molecule has 1 saturated heterocycles. The van der Waals surface area contributed by atoms with Crippen molar-refractivity contribution in [3.05, 3.63) is 12.0 Å². The number of carbonyl (C=O) groups is 2. The first kappa shape index (κ1) is 10.8. The van der Waals surface area contributed by atoms with E-state index in [1.807, 2.05) is 0 Å². The van der Waals surface area contributed by atoms with E-state index in [4.69, 9.17) is 12.2 Å². The summed E-state index contributed by atoms with van der Waals surface area (Å²) in [6.07, 6.45) is 2.89. The Balaban J connectivity index is 1.97. The second kappa shape index (κ2) is 3.88. The first-order valence-electron chi connectivity index (χ1n) is 5.14. The number of anilines is 1. The van der Waals surface area contributed by atoms with Crippen LogP contribution in [0.1, 0.15) is 11.7 Å². The molecule has 0 bridgehead atoms. The molecule has 8 nitrogen and oxygen atoms in total. The molecule has 1 unspecified atom stereocenters. The van der Waals surface area contributed by atoms with Crippen LogP contribution in [0.25, 0.3) is 0 Å². The summed E-state index contributed by atoms with van der Waals surface area (Å²) in [6, 6.07) is -0.633. The van der Waals surface area contributed by atoms with E-state index < -0.39 is 23.8 Å². The second-order valence-electron chi connectivity index (χ2n) is 3.82. The number of hydrogen-bond donors (Lipinski definition) is 4. The minimum Gasteiger partial charge on any atom is -0.345 e. The molecule has 1 atom stereocenters. The Morgan fingerprint density at radius 3 is 2.67 bits per heavy atom. The van der Waals surface area contributed by atoms with Gasteiger partial charge in [-0.1, -0.05) is 0 Å². The largest absolute Gasteiger partial charge is 0.345 e. The van der Waals surface area contributed by atoms with Crippen molar-refractivity contribution in [1.29, 1.82) is 0 Å². The number of H-pyrrole nitrogens is 1. The van der Waals surface area contributed by atoms with Crippen molar-refractivity contribution in [2.24, 2.45) is 10.9 Å². The van der Waals surface area contributed by atoms with Crippen LogP contribution in [0.4, 0.5) is 5.82 Å². The Morgan fingerprint density at radius 1 is 1.22 bits per heavy atom. The normalized spacial score (nSPS) is 23.1. The van der Waals surface area contributed by atoms with Crippen LogP contribution < -0.4 is 16.0 Å². The second-order valence-corrected chi connectivity index (χ2v) is 4.23. The van der Waals surface area contributed by atoms with Crippen molar-refractivity contribution in [1.82, 2.24) is 20.6 Å². The van der Waals surface area contributed by atoms with E-state index >= 15 is 0 Å². The molecule has 2 aliphatic heterocycles. The summed E-state index contributed by atoms with van der Waals surface area (Å²) in [5.74, 6) is -1.33. The van der Waals surface area contributed by atoms with Gasteiger partial charge >= 0.3 is 0 Å². The first-order valence-corrected chi connectivity index (χ1v) is 5.55. The third-order valence-electron chi connectivity index (χ3n) is 2.76.